The maximum Gasteiger partial charge on any atom is 0.500 e. The van der Waals surface area contributed by atoms with Crippen molar-refractivity contribution in [1.29, 1.82) is 0 Å². The molecule has 0 aliphatic carbocycles. The summed E-state index contributed by atoms with van der Waals surface area (Å²) in [6.45, 7) is 13.3. The first-order valence-corrected chi connectivity index (χ1v) is 16.4. The second kappa shape index (κ2) is 25.7. The first-order chi connectivity index (χ1) is 15.7. The van der Waals surface area contributed by atoms with E-state index < -0.39 is 8.80 Å². The summed E-state index contributed by atoms with van der Waals surface area (Å²) in [7, 11) is -2.58. The first kappa shape index (κ1) is 32.1. The molecule has 0 heterocycles. The van der Waals surface area contributed by atoms with Crippen molar-refractivity contribution in [3.8, 4) is 0 Å². The van der Waals surface area contributed by atoms with Crippen LogP contribution >= 0.6 is 0 Å². The zero-order valence-electron chi connectivity index (χ0n) is 22.4. The molecule has 4 heteroatoms. The molecular weight excluding hydrogens is 412 g/mol. The Hall–Kier alpha value is 0.0969. The van der Waals surface area contributed by atoms with Gasteiger partial charge in [-0.1, -0.05) is 130 Å². The van der Waals surface area contributed by atoms with E-state index in [4.69, 9.17) is 13.3 Å². The Bertz CT molecular complexity index is 306. The molecule has 0 saturated heterocycles. The smallest absolute Gasteiger partial charge is 0.373 e. The standard InChI is InChI=1S/C28H59O3Si/c1-5-9-13-16-19-22-25-29-32(28-12-8-4,30-26-23-20-17-14-10-6-2)31-27-24-21-18-15-11-7-3/h4-28H2,1-3H3. The first-order valence-electron chi connectivity index (χ1n) is 14.5. The Morgan fingerprint density at radius 3 is 1.06 bits per heavy atom. The van der Waals surface area contributed by atoms with Crippen molar-refractivity contribution in [3.63, 3.8) is 0 Å². The zero-order valence-corrected chi connectivity index (χ0v) is 23.4. The third kappa shape index (κ3) is 20.7. The fourth-order valence-corrected chi connectivity index (χ4v) is 6.75. The molecule has 0 aliphatic rings. The second-order valence-corrected chi connectivity index (χ2v) is 12.2. The average molecular weight is 472 g/mol. The van der Waals surface area contributed by atoms with Crippen molar-refractivity contribution in [1.82, 2.24) is 0 Å². The SMILES string of the molecule is [CH2]CCC[Si](OCCCCCCCC)(OCCCCCCCC)OCCCCCCCC. The van der Waals surface area contributed by atoms with Gasteiger partial charge < -0.3 is 13.3 Å². The third-order valence-electron chi connectivity index (χ3n) is 6.19. The van der Waals surface area contributed by atoms with Crippen LogP contribution in [0, 0.1) is 6.92 Å². The Labute approximate surface area is 204 Å². The highest BCUT2D eigenvalue weighted by Gasteiger charge is 2.40. The molecule has 0 rings (SSSR count). The summed E-state index contributed by atoms with van der Waals surface area (Å²) in [6.07, 6.45) is 25.1. The van der Waals surface area contributed by atoms with E-state index in [0.717, 1.165) is 58.0 Å². The fraction of sp³-hybridized carbons (Fsp3) is 0.964. The molecule has 193 valence electrons. The molecule has 0 aromatic carbocycles. The minimum atomic E-state index is -2.58. The van der Waals surface area contributed by atoms with Gasteiger partial charge >= 0.3 is 8.80 Å². The molecule has 32 heavy (non-hydrogen) atoms. The molecule has 0 fully saturated rings. The maximum absolute atomic E-state index is 6.50. The van der Waals surface area contributed by atoms with Gasteiger partial charge in [0.05, 0.1) is 0 Å². The van der Waals surface area contributed by atoms with E-state index >= 15 is 0 Å². The van der Waals surface area contributed by atoms with Gasteiger partial charge in [-0.2, -0.15) is 0 Å². The normalized spacial score (nSPS) is 12.0. The molecule has 0 bridgehead atoms. The van der Waals surface area contributed by atoms with E-state index in [0.29, 0.717) is 0 Å². The van der Waals surface area contributed by atoms with Gasteiger partial charge in [-0.25, -0.2) is 0 Å². The van der Waals surface area contributed by atoms with Gasteiger partial charge in [0.15, 0.2) is 0 Å². The van der Waals surface area contributed by atoms with Crippen LogP contribution in [0.4, 0.5) is 0 Å². The van der Waals surface area contributed by atoms with Gasteiger partial charge in [-0.3, -0.25) is 0 Å². The zero-order chi connectivity index (χ0) is 23.6. The Kier molecular flexibility index (Phi) is 25.8. The monoisotopic (exact) mass is 471 g/mol. The Morgan fingerprint density at radius 2 is 0.750 bits per heavy atom. The largest absolute Gasteiger partial charge is 0.500 e. The van der Waals surface area contributed by atoms with Crippen LogP contribution in [0.15, 0.2) is 0 Å². The summed E-state index contributed by atoms with van der Waals surface area (Å²) in [5.41, 5.74) is 0. The number of unbranched alkanes of at least 4 members (excludes halogenated alkanes) is 16. The summed E-state index contributed by atoms with van der Waals surface area (Å²) < 4.78 is 19.5. The van der Waals surface area contributed by atoms with Crippen LogP contribution in [-0.2, 0) is 13.3 Å². The van der Waals surface area contributed by atoms with Gasteiger partial charge in [-0.15, -0.1) is 0 Å². The van der Waals surface area contributed by atoms with Gasteiger partial charge in [-0.05, 0) is 25.7 Å². The number of hydrogen-bond acceptors (Lipinski definition) is 3. The fourth-order valence-electron chi connectivity index (χ4n) is 4.01. The molecule has 0 aromatic heterocycles. The van der Waals surface area contributed by atoms with Gasteiger partial charge in [0.25, 0.3) is 0 Å². The van der Waals surface area contributed by atoms with Crippen molar-refractivity contribution in [2.75, 3.05) is 19.8 Å². The minimum Gasteiger partial charge on any atom is -0.373 e. The van der Waals surface area contributed by atoms with Crippen LogP contribution in [0.5, 0.6) is 0 Å². The van der Waals surface area contributed by atoms with Gasteiger partial charge in [0, 0.05) is 25.9 Å². The quantitative estimate of drug-likeness (QED) is 0.0881. The van der Waals surface area contributed by atoms with E-state index in [9.17, 15) is 0 Å². The summed E-state index contributed by atoms with van der Waals surface area (Å²) in [4.78, 5) is 0. The predicted molar refractivity (Wildman–Crippen MR) is 143 cm³/mol. The Morgan fingerprint density at radius 1 is 0.438 bits per heavy atom. The van der Waals surface area contributed by atoms with Crippen molar-refractivity contribution in [3.05, 3.63) is 6.92 Å². The van der Waals surface area contributed by atoms with Gasteiger partial charge in [0.1, 0.15) is 0 Å². The molecule has 0 unspecified atom stereocenters. The van der Waals surface area contributed by atoms with Crippen molar-refractivity contribution >= 4 is 8.80 Å². The number of hydrogen-bond donors (Lipinski definition) is 0. The van der Waals surface area contributed by atoms with Crippen molar-refractivity contribution < 1.29 is 13.3 Å². The summed E-state index contributed by atoms with van der Waals surface area (Å²) >= 11 is 0. The molecule has 0 atom stereocenters. The summed E-state index contributed by atoms with van der Waals surface area (Å²) in [6, 6.07) is 0.929. The van der Waals surface area contributed by atoms with Crippen molar-refractivity contribution in [2.45, 2.75) is 155 Å². The van der Waals surface area contributed by atoms with Crippen LogP contribution in [0.3, 0.4) is 0 Å². The maximum atomic E-state index is 6.50. The predicted octanol–water partition coefficient (Wildman–Crippen LogP) is 9.67. The second-order valence-electron chi connectivity index (χ2n) is 9.49. The summed E-state index contributed by atoms with van der Waals surface area (Å²) in [5.74, 6) is 0. The lowest BCUT2D eigenvalue weighted by Gasteiger charge is -2.30. The lowest BCUT2D eigenvalue weighted by molar-refractivity contribution is 0.0548. The van der Waals surface area contributed by atoms with Crippen LogP contribution in [-0.4, -0.2) is 28.6 Å². The highest BCUT2D eigenvalue weighted by Crippen LogP contribution is 2.22. The number of rotatable bonds is 27. The summed E-state index contributed by atoms with van der Waals surface area (Å²) in [5, 5.41) is 0. The van der Waals surface area contributed by atoms with E-state index in [1.54, 1.807) is 0 Å². The molecule has 0 aliphatic heterocycles. The van der Waals surface area contributed by atoms with E-state index in [-0.39, 0.29) is 0 Å². The Balaban J connectivity index is 4.51. The molecular formula is C28H59O3Si. The van der Waals surface area contributed by atoms with Gasteiger partial charge in [0.2, 0.25) is 0 Å². The van der Waals surface area contributed by atoms with E-state index in [1.807, 2.05) is 0 Å². The van der Waals surface area contributed by atoms with Crippen LogP contribution < -0.4 is 0 Å². The van der Waals surface area contributed by atoms with Crippen LogP contribution in [0.2, 0.25) is 6.04 Å². The molecule has 0 spiro atoms. The molecule has 0 N–H and O–H groups in total. The molecule has 0 amide bonds. The molecule has 0 saturated carbocycles. The van der Waals surface area contributed by atoms with E-state index in [2.05, 4.69) is 27.7 Å². The topological polar surface area (TPSA) is 27.7 Å². The molecule has 0 aromatic rings. The average Bonchev–Trinajstić information content (AvgIpc) is 2.81. The minimum absolute atomic E-state index is 0.794. The highest BCUT2D eigenvalue weighted by molar-refractivity contribution is 6.60. The van der Waals surface area contributed by atoms with E-state index in [1.165, 1.54) is 96.3 Å². The third-order valence-corrected chi connectivity index (χ3v) is 9.09. The lowest BCUT2D eigenvalue weighted by atomic mass is 10.1. The van der Waals surface area contributed by atoms with Crippen LogP contribution in [0.1, 0.15) is 149 Å². The van der Waals surface area contributed by atoms with Crippen molar-refractivity contribution in [2.24, 2.45) is 0 Å². The highest BCUT2D eigenvalue weighted by atomic mass is 28.4. The molecule has 1 radical (unpaired) electrons. The van der Waals surface area contributed by atoms with Crippen LogP contribution in [0.25, 0.3) is 0 Å². The molecule has 3 nitrogen and oxygen atoms in total. The lowest BCUT2D eigenvalue weighted by Crippen LogP contribution is -2.46.